The van der Waals surface area contributed by atoms with Crippen molar-refractivity contribution in [1.82, 2.24) is 9.78 Å². The maximum Gasteiger partial charge on any atom is 0.121 e. The van der Waals surface area contributed by atoms with Crippen LogP contribution in [-0.2, 0) is 6.54 Å². The Balaban J connectivity index is 2.35. The summed E-state index contributed by atoms with van der Waals surface area (Å²) < 4.78 is 2.76. The molecule has 0 aliphatic heterocycles. The van der Waals surface area contributed by atoms with E-state index < -0.39 is 6.10 Å². The van der Waals surface area contributed by atoms with E-state index in [-0.39, 0.29) is 0 Å². The van der Waals surface area contributed by atoms with Crippen LogP contribution in [0.1, 0.15) is 24.3 Å². The predicted octanol–water partition coefficient (Wildman–Crippen LogP) is 2.75. The van der Waals surface area contributed by atoms with Gasteiger partial charge < -0.3 is 5.11 Å². The lowest BCUT2D eigenvalue weighted by Gasteiger charge is -2.12. The van der Waals surface area contributed by atoms with E-state index in [1.165, 1.54) is 0 Å². The molecule has 1 aromatic heterocycles. The monoisotopic (exact) mass is 280 g/mol. The highest BCUT2D eigenvalue weighted by Crippen LogP contribution is 2.24. The topological polar surface area (TPSA) is 38.0 Å². The number of benzene rings is 1. The minimum atomic E-state index is -0.625. The minimum Gasteiger partial charge on any atom is -0.382 e. The number of halogens is 1. The number of aryl methyl sites for hydroxylation is 1. The molecule has 4 heteroatoms. The molecule has 0 aliphatic carbocycles. The summed E-state index contributed by atoms with van der Waals surface area (Å²) in [5, 5.41) is 14.4. The van der Waals surface area contributed by atoms with Crippen LogP contribution in [0, 0.1) is 0 Å². The fourth-order valence-electron chi connectivity index (χ4n) is 1.69. The Bertz CT molecular complexity index is 481. The third-order valence-corrected chi connectivity index (χ3v) is 2.99. The van der Waals surface area contributed by atoms with Crippen LogP contribution in [-0.4, -0.2) is 14.9 Å². The highest BCUT2D eigenvalue weighted by atomic mass is 79.9. The van der Waals surface area contributed by atoms with E-state index in [0.29, 0.717) is 0 Å². The van der Waals surface area contributed by atoms with Crippen molar-refractivity contribution in [3.63, 3.8) is 0 Å². The van der Waals surface area contributed by atoms with Crippen LogP contribution in [0.5, 0.6) is 0 Å². The Labute approximate surface area is 103 Å². The summed E-state index contributed by atoms with van der Waals surface area (Å²) in [6, 6.07) is 9.51. The van der Waals surface area contributed by atoms with Crippen LogP contribution in [0.25, 0.3) is 0 Å². The predicted molar refractivity (Wildman–Crippen MR) is 66.1 cm³/mol. The van der Waals surface area contributed by atoms with Crippen molar-refractivity contribution in [1.29, 1.82) is 0 Å². The van der Waals surface area contributed by atoms with Gasteiger partial charge in [-0.25, -0.2) is 0 Å². The molecule has 1 N–H and O–H groups in total. The van der Waals surface area contributed by atoms with E-state index >= 15 is 0 Å². The zero-order valence-electron chi connectivity index (χ0n) is 8.97. The molecule has 0 aliphatic rings. The summed E-state index contributed by atoms with van der Waals surface area (Å²) in [5.74, 6) is 0. The van der Waals surface area contributed by atoms with Crippen molar-refractivity contribution in [2.45, 2.75) is 19.6 Å². The molecular weight excluding hydrogens is 268 g/mol. The molecule has 1 atom stereocenters. The average molecular weight is 281 g/mol. The van der Waals surface area contributed by atoms with E-state index in [9.17, 15) is 5.11 Å². The van der Waals surface area contributed by atoms with Gasteiger partial charge in [0.05, 0.1) is 5.69 Å². The Kier molecular flexibility index (Phi) is 3.41. The first-order valence-corrected chi connectivity index (χ1v) is 5.97. The van der Waals surface area contributed by atoms with Crippen LogP contribution < -0.4 is 0 Å². The molecule has 1 aromatic carbocycles. The van der Waals surface area contributed by atoms with Crippen molar-refractivity contribution in [2.24, 2.45) is 0 Å². The number of hydrogen-bond acceptors (Lipinski definition) is 2. The Morgan fingerprint density at radius 2 is 2.25 bits per heavy atom. The molecular formula is C12H13BrN2O. The van der Waals surface area contributed by atoms with Gasteiger partial charge >= 0.3 is 0 Å². The summed E-state index contributed by atoms with van der Waals surface area (Å²) in [7, 11) is 0. The van der Waals surface area contributed by atoms with Crippen molar-refractivity contribution in [3.8, 4) is 0 Å². The number of aliphatic hydroxyl groups excluding tert-OH is 1. The van der Waals surface area contributed by atoms with Crippen LogP contribution in [0.4, 0.5) is 0 Å². The first kappa shape index (κ1) is 11.4. The third kappa shape index (κ3) is 2.18. The number of aromatic nitrogens is 2. The molecule has 3 nitrogen and oxygen atoms in total. The maximum atomic E-state index is 10.2. The number of aliphatic hydroxyl groups is 1. The van der Waals surface area contributed by atoms with E-state index in [4.69, 9.17) is 0 Å². The molecule has 1 heterocycles. The van der Waals surface area contributed by atoms with Crippen molar-refractivity contribution in [3.05, 3.63) is 52.3 Å². The highest BCUT2D eigenvalue weighted by Gasteiger charge is 2.14. The SMILES string of the molecule is CCn1nccc1C(O)c1cccc(Br)c1. The lowest BCUT2D eigenvalue weighted by atomic mass is 10.1. The van der Waals surface area contributed by atoms with Gasteiger partial charge in [0.2, 0.25) is 0 Å². The first-order valence-electron chi connectivity index (χ1n) is 5.17. The maximum absolute atomic E-state index is 10.2. The molecule has 84 valence electrons. The number of nitrogens with zero attached hydrogens (tertiary/aromatic N) is 2. The Hall–Kier alpha value is -1.13. The van der Waals surface area contributed by atoms with Gasteiger partial charge in [0, 0.05) is 17.2 Å². The van der Waals surface area contributed by atoms with Crippen molar-refractivity contribution >= 4 is 15.9 Å². The standard InChI is InChI=1S/C12H13BrN2O/c1-2-15-11(6-7-14-15)12(16)9-4-3-5-10(13)8-9/h3-8,12,16H,2H2,1H3. The fourth-order valence-corrected chi connectivity index (χ4v) is 2.10. The second-order valence-electron chi connectivity index (χ2n) is 3.53. The zero-order valence-corrected chi connectivity index (χ0v) is 10.6. The van der Waals surface area contributed by atoms with E-state index in [2.05, 4.69) is 21.0 Å². The van der Waals surface area contributed by atoms with E-state index in [1.54, 1.807) is 10.9 Å². The van der Waals surface area contributed by atoms with Gasteiger partial charge in [-0.15, -0.1) is 0 Å². The molecule has 0 fully saturated rings. The van der Waals surface area contributed by atoms with Gasteiger partial charge in [-0.2, -0.15) is 5.10 Å². The van der Waals surface area contributed by atoms with Crippen LogP contribution in [0.15, 0.2) is 41.0 Å². The largest absolute Gasteiger partial charge is 0.382 e. The second kappa shape index (κ2) is 4.80. The molecule has 0 saturated heterocycles. The van der Waals surface area contributed by atoms with Crippen molar-refractivity contribution < 1.29 is 5.11 Å². The zero-order chi connectivity index (χ0) is 11.5. The number of rotatable bonds is 3. The summed E-state index contributed by atoms with van der Waals surface area (Å²) in [4.78, 5) is 0. The average Bonchev–Trinajstić information content (AvgIpc) is 2.76. The Morgan fingerprint density at radius 3 is 2.94 bits per heavy atom. The van der Waals surface area contributed by atoms with Crippen LogP contribution in [0.2, 0.25) is 0 Å². The van der Waals surface area contributed by atoms with Crippen LogP contribution >= 0.6 is 15.9 Å². The molecule has 0 saturated carbocycles. The smallest absolute Gasteiger partial charge is 0.121 e. The molecule has 0 spiro atoms. The summed E-state index contributed by atoms with van der Waals surface area (Å²) in [6.45, 7) is 2.76. The van der Waals surface area contributed by atoms with Gasteiger partial charge in [0.15, 0.2) is 0 Å². The molecule has 2 aromatic rings. The summed E-state index contributed by atoms with van der Waals surface area (Å²) in [5.41, 5.74) is 1.69. The Morgan fingerprint density at radius 1 is 1.44 bits per heavy atom. The van der Waals surface area contributed by atoms with Gasteiger partial charge in [0.25, 0.3) is 0 Å². The molecule has 1 unspecified atom stereocenters. The lowest BCUT2D eigenvalue weighted by molar-refractivity contribution is 0.208. The van der Waals surface area contributed by atoms with Gasteiger partial charge in [-0.3, -0.25) is 4.68 Å². The molecule has 0 amide bonds. The minimum absolute atomic E-state index is 0.625. The summed E-state index contributed by atoms with van der Waals surface area (Å²) in [6.07, 6.45) is 1.08. The lowest BCUT2D eigenvalue weighted by Crippen LogP contribution is -2.08. The fraction of sp³-hybridized carbons (Fsp3) is 0.250. The normalized spacial score (nSPS) is 12.7. The van der Waals surface area contributed by atoms with Gasteiger partial charge in [0.1, 0.15) is 6.10 Å². The van der Waals surface area contributed by atoms with E-state index in [1.807, 2.05) is 37.3 Å². The van der Waals surface area contributed by atoms with Gasteiger partial charge in [-0.1, -0.05) is 28.1 Å². The highest BCUT2D eigenvalue weighted by molar-refractivity contribution is 9.10. The first-order chi connectivity index (χ1) is 7.72. The van der Waals surface area contributed by atoms with Crippen LogP contribution in [0.3, 0.4) is 0 Å². The molecule has 2 rings (SSSR count). The summed E-state index contributed by atoms with van der Waals surface area (Å²) >= 11 is 3.40. The second-order valence-corrected chi connectivity index (χ2v) is 4.45. The van der Waals surface area contributed by atoms with Crippen molar-refractivity contribution in [2.75, 3.05) is 0 Å². The van der Waals surface area contributed by atoms with Gasteiger partial charge in [-0.05, 0) is 30.7 Å². The molecule has 0 bridgehead atoms. The third-order valence-electron chi connectivity index (χ3n) is 2.49. The molecule has 16 heavy (non-hydrogen) atoms. The quantitative estimate of drug-likeness (QED) is 0.939. The number of hydrogen-bond donors (Lipinski definition) is 1. The van der Waals surface area contributed by atoms with E-state index in [0.717, 1.165) is 22.3 Å². The molecule has 0 radical (unpaired) electrons.